The van der Waals surface area contributed by atoms with E-state index in [4.69, 9.17) is 9.47 Å². The van der Waals surface area contributed by atoms with Crippen LogP contribution in [0.2, 0.25) is 0 Å². The summed E-state index contributed by atoms with van der Waals surface area (Å²) in [6, 6.07) is 0. The van der Waals surface area contributed by atoms with Crippen LogP contribution < -0.4 is 0 Å². The maximum atomic E-state index is 9.90. The molecule has 1 N–H and O–H groups in total. The van der Waals surface area contributed by atoms with Crippen LogP contribution in [0.5, 0.6) is 0 Å². The van der Waals surface area contributed by atoms with Crippen molar-refractivity contribution in [1.82, 2.24) is 0 Å². The zero-order valence-corrected chi connectivity index (χ0v) is 22.0. The Morgan fingerprint density at radius 1 is 0.500 bits per heavy atom. The molecule has 1 atom stereocenters. The molecule has 0 aliphatic carbocycles. The highest BCUT2D eigenvalue weighted by Crippen LogP contribution is 2.10. The summed E-state index contributed by atoms with van der Waals surface area (Å²) >= 11 is 0. The molecule has 0 aromatic rings. The number of aliphatic hydroxyl groups is 1. The summed E-state index contributed by atoms with van der Waals surface area (Å²) in [6.07, 6.45) is 30.4. The van der Waals surface area contributed by atoms with Crippen LogP contribution in [0, 0.1) is 0 Å². The van der Waals surface area contributed by atoms with Gasteiger partial charge in [-0.25, -0.2) is 0 Å². The SMILES string of the molecule is CCCCCCCCC=CCCCCCCCCOCC(O)COCCCCCCCC. The van der Waals surface area contributed by atoms with Gasteiger partial charge in [-0.3, -0.25) is 0 Å². The van der Waals surface area contributed by atoms with Gasteiger partial charge < -0.3 is 14.6 Å². The first-order valence-corrected chi connectivity index (χ1v) is 14.3. The second-order valence-corrected chi connectivity index (χ2v) is 9.51. The molecule has 0 aliphatic rings. The molecule has 0 heterocycles. The van der Waals surface area contributed by atoms with Gasteiger partial charge in [0.15, 0.2) is 0 Å². The maximum absolute atomic E-state index is 9.90. The van der Waals surface area contributed by atoms with Gasteiger partial charge in [-0.15, -0.1) is 0 Å². The summed E-state index contributed by atoms with van der Waals surface area (Å²) in [5.41, 5.74) is 0. The number of rotatable bonds is 27. The second-order valence-electron chi connectivity index (χ2n) is 9.51. The molecule has 0 bridgehead atoms. The third-order valence-corrected chi connectivity index (χ3v) is 6.06. The molecule has 0 fully saturated rings. The van der Waals surface area contributed by atoms with Gasteiger partial charge in [-0.1, -0.05) is 116 Å². The molecule has 0 aromatic carbocycles. The lowest BCUT2D eigenvalue weighted by Gasteiger charge is -2.12. The highest BCUT2D eigenvalue weighted by molar-refractivity contribution is 4.81. The topological polar surface area (TPSA) is 38.7 Å². The van der Waals surface area contributed by atoms with Crippen molar-refractivity contribution in [3.63, 3.8) is 0 Å². The van der Waals surface area contributed by atoms with Crippen LogP contribution in [0.3, 0.4) is 0 Å². The minimum atomic E-state index is -0.482. The van der Waals surface area contributed by atoms with Gasteiger partial charge in [0, 0.05) is 13.2 Å². The molecule has 0 saturated carbocycles. The molecule has 0 rings (SSSR count). The second kappa shape index (κ2) is 28.7. The van der Waals surface area contributed by atoms with E-state index in [1.54, 1.807) is 0 Å². The monoisotopic (exact) mass is 454 g/mol. The fourth-order valence-corrected chi connectivity index (χ4v) is 3.92. The fourth-order valence-electron chi connectivity index (χ4n) is 3.92. The molecule has 3 heteroatoms. The van der Waals surface area contributed by atoms with Gasteiger partial charge in [-0.05, 0) is 38.5 Å². The third kappa shape index (κ3) is 27.7. The van der Waals surface area contributed by atoms with Crippen molar-refractivity contribution in [3.8, 4) is 0 Å². The Morgan fingerprint density at radius 2 is 0.844 bits per heavy atom. The molecule has 1 unspecified atom stereocenters. The first-order chi connectivity index (χ1) is 15.8. The lowest BCUT2D eigenvalue weighted by atomic mass is 10.1. The molecule has 0 aliphatic heterocycles. The summed E-state index contributed by atoms with van der Waals surface area (Å²) in [4.78, 5) is 0. The van der Waals surface area contributed by atoms with E-state index in [2.05, 4.69) is 26.0 Å². The van der Waals surface area contributed by atoms with E-state index < -0.39 is 6.10 Å². The number of unbranched alkanes of at least 4 members (excludes halogenated alkanes) is 17. The van der Waals surface area contributed by atoms with Crippen molar-refractivity contribution in [2.45, 2.75) is 148 Å². The van der Waals surface area contributed by atoms with E-state index in [9.17, 15) is 5.11 Å². The van der Waals surface area contributed by atoms with E-state index in [0.717, 1.165) is 26.1 Å². The Kier molecular flexibility index (Phi) is 28.3. The van der Waals surface area contributed by atoms with Crippen molar-refractivity contribution in [2.75, 3.05) is 26.4 Å². The molecule has 192 valence electrons. The average Bonchev–Trinajstić information content (AvgIpc) is 2.80. The molecule has 0 saturated heterocycles. The summed E-state index contributed by atoms with van der Waals surface area (Å²) in [5, 5.41) is 9.90. The third-order valence-electron chi connectivity index (χ3n) is 6.06. The van der Waals surface area contributed by atoms with Gasteiger partial charge in [-0.2, -0.15) is 0 Å². The lowest BCUT2D eigenvalue weighted by Crippen LogP contribution is -2.22. The quantitative estimate of drug-likeness (QED) is 0.0995. The average molecular weight is 455 g/mol. The molecular weight excluding hydrogens is 396 g/mol. The van der Waals surface area contributed by atoms with E-state index in [1.165, 1.54) is 116 Å². The fraction of sp³-hybridized carbons (Fsp3) is 0.931. The molecule has 0 radical (unpaired) electrons. The molecular formula is C29H58O3. The smallest absolute Gasteiger partial charge is 0.101 e. The summed E-state index contributed by atoms with van der Waals surface area (Å²) in [6.45, 7) is 6.85. The first kappa shape index (κ1) is 31.6. The van der Waals surface area contributed by atoms with E-state index in [-0.39, 0.29) is 0 Å². The number of hydrogen-bond acceptors (Lipinski definition) is 3. The predicted octanol–water partition coefficient (Wildman–Crippen LogP) is 8.78. The van der Waals surface area contributed by atoms with E-state index in [0.29, 0.717) is 13.2 Å². The molecule has 0 aromatic heterocycles. The Hall–Kier alpha value is -0.380. The van der Waals surface area contributed by atoms with Gasteiger partial charge in [0.1, 0.15) is 6.10 Å². The van der Waals surface area contributed by atoms with Gasteiger partial charge >= 0.3 is 0 Å². The van der Waals surface area contributed by atoms with E-state index in [1.807, 2.05) is 0 Å². The van der Waals surface area contributed by atoms with Crippen LogP contribution in [0.25, 0.3) is 0 Å². The zero-order valence-electron chi connectivity index (χ0n) is 22.0. The number of aliphatic hydroxyl groups excluding tert-OH is 1. The lowest BCUT2D eigenvalue weighted by molar-refractivity contribution is -0.0201. The van der Waals surface area contributed by atoms with Crippen LogP contribution in [0.1, 0.15) is 142 Å². The Morgan fingerprint density at radius 3 is 1.25 bits per heavy atom. The van der Waals surface area contributed by atoms with Crippen LogP contribution in [-0.4, -0.2) is 37.6 Å². The highest BCUT2D eigenvalue weighted by Gasteiger charge is 2.04. The number of allylic oxidation sites excluding steroid dienone is 2. The molecule has 0 amide bonds. The van der Waals surface area contributed by atoms with Crippen molar-refractivity contribution in [3.05, 3.63) is 12.2 Å². The zero-order chi connectivity index (χ0) is 23.4. The standard InChI is InChI=1S/C29H58O3/c1-3-5-7-9-11-12-13-14-15-16-17-18-19-20-22-24-26-32-28-29(30)27-31-25-23-21-10-8-6-4-2/h14-15,29-30H,3-13,16-28H2,1-2H3. The van der Waals surface area contributed by atoms with Crippen LogP contribution in [0.4, 0.5) is 0 Å². The van der Waals surface area contributed by atoms with Crippen LogP contribution in [-0.2, 0) is 9.47 Å². The summed E-state index contributed by atoms with van der Waals surface area (Å²) in [7, 11) is 0. The predicted molar refractivity (Wildman–Crippen MR) is 140 cm³/mol. The van der Waals surface area contributed by atoms with Crippen LogP contribution in [0.15, 0.2) is 12.2 Å². The number of ether oxygens (including phenoxy) is 2. The van der Waals surface area contributed by atoms with Crippen LogP contribution >= 0.6 is 0 Å². The van der Waals surface area contributed by atoms with Crippen molar-refractivity contribution in [1.29, 1.82) is 0 Å². The minimum absolute atomic E-state index is 0.404. The Labute approximate surface area is 201 Å². The summed E-state index contributed by atoms with van der Waals surface area (Å²) in [5.74, 6) is 0. The van der Waals surface area contributed by atoms with Gasteiger partial charge in [0.2, 0.25) is 0 Å². The maximum Gasteiger partial charge on any atom is 0.101 e. The minimum Gasteiger partial charge on any atom is -0.388 e. The summed E-state index contributed by atoms with van der Waals surface area (Å²) < 4.78 is 11.2. The Balaban J connectivity index is 3.17. The molecule has 3 nitrogen and oxygen atoms in total. The number of hydrogen-bond donors (Lipinski definition) is 1. The molecule has 0 spiro atoms. The highest BCUT2D eigenvalue weighted by atomic mass is 16.5. The van der Waals surface area contributed by atoms with Crippen molar-refractivity contribution >= 4 is 0 Å². The molecule has 32 heavy (non-hydrogen) atoms. The van der Waals surface area contributed by atoms with Crippen molar-refractivity contribution in [2.24, 2.45) is 0 Å². The normalized spacial score (nSPS) is 12.7. The van der Waals surface area contributed by atoms with Gasteiger partial charge in [0.25, 0.3) is 0 Å². The van der Waals surface area contributed by atoms with E-state index >= 15 is 0 Å². The first-order valence-electron chi connectivity index (χ1n) is 14.3. The Bertz CT molecular complexity index is 356. The van der Waals surface area contributed by atoms with Crippen molar-refractivity contribution < 1.29 is 14.6 Å². The largest absolute Gasteiger partial charge is 0.388 e. The van der Waals surface area contributed by atoms with Gasteiger partial charge in [0.05, 0.1) is 13.2 Å².